The number of hydrogen-bond donors (Lipinski definition) is 1. The molecule has 14 nitrogen and oxygen atoms in total. The Morgan fingerprint density at radius 1 is 0.915 bits per heavy atom. The van der Waals surface area contributed by atoms with Crippen molar-refractivity contribution >= 4 is 29.0 Å². The van der Waals surface area contributed by atoms with Gasteiger partial charge in [-0.1, -0.05) is 27.7 Å². The summed E-state index contributed by atoms with van der Waals surface area (Å²) in [6.45, 7) is 15.6. The molecule has 2 aromatic heterocycles. The normalized spacial score (nSPS) is 22.0. The summed E-state index contributed by atoms with van der Waals surface area (Å²) in [4.78, 5) is 35.7. The average Bonchev–Trinajstić information content (AvgIpc) is 3.99. The van der Waals surface area contributed by atoms with Crippen LogP contribution in [-0.2, 0) is 31.2 Å². The number of anilines is 3. The molecule has 0 unspecified atom stereocenters. The van der Waals surface area contributed by atoms with Crippen LogP contribution in [-0.4, -0.2) is 106 Å². The van der Waals surface area contributed by atoms with Crippen LogP contribution in [0.2, 0.25) is 0 Å². The maximum absolute atomic E-state index is 14.8. The predicted octanol–water partition coefficient (Wildman–Crippen LogP) is 9.01. The number of rotatable bonds is 11. The zero-order valence-electron chi connectivity index (χ0n) is 42.1. The Kier molecular flexibility index (Phi) is 12.8. The Hall–Kier alpha value is -6.47. The lowest BCUT2D eigenvalue weighted by Gasteiger charge is -2.63. The maximum Gasteiger partial charge on any atom is 0.264 e. The molecule has 374 valence electrons. The number of amides is 2. The van der Waals surface area contributed by atoms with Gasteiger partial charge >= 0.3 is 0 Å². The van der Waals surface area contributed by atoms with Gasteiger partial charge < -0.3 is 29.5 Å². The number of fused-ring (bicyclic) bond motifs is 2. The number of nitrogens with one attached hydrogen (secondary N) is 1. The van der Waals surface area contributed by atoms with E-state index in [1.54, 1.807) is 55.3 Å². The number of hydrogen-bond acceptors (Lipinski definition) is 10. The summed E-state index contributed by atoms with van der Waals surface area (Å²) in [5.41, 5.74) is 6.58. The Morgan fingerprint density at radius 3 is 2.35 bits per heavy atom. The van der Waals surface area contributed by atoms with Gasteiger partial charge in [-0.3, -0.25) is 23.9 Å². The van der Waals surface area contributed by atoms with E-state index in [0.29, 0.717) is 65.8 Å². The topological polar surface area (TPSA) is 137 Å². The van der Waals surface area contributed by atoms with Crippen LogP contribution < -0.4 is 24.6 Å². The fourth-order valence-electron chi connectivity index (χ4n) is 12.9. The largest absolute Gasteiger partial charge is 0.495 e. The maximum atomic E-state index is 14.8. The molecule has 0 bridgehead atoms. The van der Waals surface area contributed by atoms with E-state index in [4.69, 9.17) is 14.6 Å². The van der Waals surface area contributed by atoms with Gasteiger partial charge in [-0.25, -0.2) is 8.78 Å². The number of carbonyl (C=O) groups is 2. The van der Waals surface area contributed by atoms with Crippen LogP contribution in [0.15, 0.2) is 67.0 Å². The standard InChI is InChI=1S/C55H66F2N10O4/c1-34(68)64-25-20-46-45(33-64)50(66-22-8-10-36-26-43(38-30-59-62(6)31-38)44(49(56)57)28-47(36)66)61-67(46)40-18-23-63(24-19-40)41-11-9-21-65(32-41)39-15-12-35(13-16-39)51(69)60-52-54(2,3)53(55(52,4)5)71-42-17-14-37(29-58)48(27-42)70-7/h12-17,26-28,30-31,40-41,49,52-53H,8-11,18-25,32-33H2,1-7H3,(H,60,69)/t41-,52?,53?/m1/s1. The fraction of sp³-hybridized carbons (Fsp3) is 0.509. The summed E-state index contributed by atoms with van der Waals surface area (Å²) < 4.78 is 45.4. The molecule has 0 radical (unpaired) electrons. The zero-order chi connectivity index (χ0) is 49.9. The number of nitriles is 1. The molecule has 0 spiro atoms. The molecular formula is C55H66F2N10O4. The summed E-state index contributed by atoms with van der Waals surface area (Å²) in [5, 5.41) is 22.4. The summed E-state index contributed by atoms with van der Waals surface area (Å²) in [6.07, 6.45) is 6.99. The van der Waals surface area contributed by atoms with E-state index in [9.17, 15) is 23.6 Å². The molecule has 10 rings (SSSR count). The molecule has 5 aliphatic rings. The number of nitrogens with zero attached hydrogens (tertiary/aromatic N) is 9. The van der Waals surface area contributed by atoms with Crippen LogP contribution in [0.4, 0.5) is 26.0 Å². The Morgan fingerprint density at radius 2 is 1.68 bits per heavy atom. The van der Waals surface area contributed by atoms with Crippen molar-refractivity contribution in [3.8, 4) is 28.7 Å². The van der Waals surface area contributed by atoms with Crippen LogP contribution in [0.5, 0.6) is 11.5 Å². The number of carbonyl (C=O) groups excluding carboxylic acids is 2. The lowest BCUT2D eigenvalue weighted by molar-refractivity contribution is -0.164. The van der Waals surface area contributed by atoms with Gasteiger partial charge in [-0.2, -0.15) is 15.5 Å². The molecule has 16 heteroatoms. The van der Waals surface area contributed by atoms with Crippen molar-refractivity contribution in [3.05, 3.63) is 101 Å². The van der Waals surface area contributed by atoms with Crippen molar-refractivity contribution in [1.29, 1.82) is 5.26 Å². The number of aryl methyl sites for hydroxylation is 2. The molecule has 1 atom stereocenters. The second-order valence-electron chi connectivity index (χ2n) is 21.5. The third kappa shape index (κ3) is 8.89. The van der Waals surface area contributed by atoms with Gasteiger partial charge in [0.1, 0.15) is 23.7 Å². The minimum Gasteiger partial charge on any atom is -0.495 e. The van der Waals surface area contributed by atoms with Gasteiger partial charge in [0.05, 0.1) is 31.5 Å². The van der Waals surface area contributed by atoms with E-state index < -0.39 is 6.43 Å². The highest BCUT2D eigenvalue weighted by Gasteiger charge is 2.64. The van der Waals surface area contributed by atoms with Crippen molar-refractivity contribution in [2.45, 2.75) is 117 Å². The van der Waals surface area contributed by atoms with Crippen molar-refractivity contribution in [3.63, 3.8) is 0 Å². The molecule has 3 aromatic carbocycles. The third-order valence-corrected chi connectivity index (χ3v) is 16.3. The molecule has 2 amide bonds. The fourth-order valence-corrected chi connectivity index (χ4v) is 12.9. The Balaban J connectivity index is 0.795. The van der Waals surface area contributed by atoms with E-state index in [1.165, 1.54) is 7.11 Å². The molecule has 1 saturated carbocycles. The summed E-state index contributed by atoms with van der Waals surface area (Å²) in [6, 6.07) is 19.4. The SMILES string of the molecule is COc1cc(OC2C(C)(C)C(NC(=O)c3ccc(N4CCC[C@@H](N5CCC(n6nc(N7CCCc8cc(-c9cnn(C)c9)c(C(F)F)cc87)c7c6CCN(C(C)=O)C7)CC5)C4)cc3)C2(C)C)ccc1C#N. The highest BCUT2D eigenvalue weighted by molar-refractivity contribution is 5.95. The van der Waals surface area contributed by atoms with Crippen molar-refractivity contribution < 1.29 is 27.8 Å². The second kappa shape index (κ2) is 18.9. The third-order valence-electron chi connectivity index (χ3n) is 16.3. The number of piperidine rings is 2. The minimum atomic E-state index is -2.66. The highest BCUT2D eigenvalue weighted by Crippen LogP contribution is 2.56. The number of benzene rings is 3. The quantitative estimate of drug-likeness (QED) is 0.137. The number of methoxy groups -OCH3 is 1. The first kappa shape index (κ1) is 48.2. The highest BCUT2D eigenvalue weighted by atomic mass is 19.3. The lowest BCUT2D eigenvalue weighted by atomic mass is 9.49. The van der Waals surface area contributed by atoms with Crippen molar-refractivity contribution in [2.75, 3.05) is 56.2 Å². The first-order valence-electron chi connectivity index (χ1n) is 25.3. The summed E-state index contributed by atoms with van der Waals surface area (Å²) in [5.74, 6) is 1.78. The Labute approximate surface area is 415 Å². The van der Waals surface area contributed by atoms with E-state index in [1.807, 2.05) is 23.1 Å². The van der Waals surface area contributed by atoms with Crippen LogP contribution in [0.3, 0.4) is 0 Å². The molecular weight excluding hydrogens is 903 g/mol. The molecule has 71 heavy (non-hydrogen) atoms. The van der Waals surface area contributed by atoms with Crippen LogP contribution >= 0.6 is 0 Å². The second-order valence-corrected chi connectivity index (χ2v) is 21.5. The number of likely N-dealkylation sites (tertiary alicyclic amines) is 1. The molecule has 5 aromatic rings. The number of ether oxygens (including phenoxy) is 2. The van der Waals surface area contributed by atoms with Crippen LogP contribution in [0, 0.1) is 22.2 Å². The van der Waals surface area contributed by atoms with Crippen molar-refractivity contribution in [1.82, 2.24) is 34.7 Å². The smallest absolute Gasteiger partial charge is 0.264 e. The van der Waals surface area contributed by atoms with Gasteiger partial charge in [0.15, 0.2) is 5.82 Å². The van der Waals surface area contributed by atoms with Crippen molar-refractivity contribution in [2.24, 2.45) is 17.9 Å². The van der Waals surface area contributed by atoms with E-state index in [2.05, 4.69) is 75.7 Å². The molecule has 4 aliphatic heterocycles. The van der Waals surface area contributed by atoms with Gasteiger partial charge in [0.2, 0.25) is 5.91 Å². The molecule has 1 aliphatic carbocycles. The van der Waals surface area contributed by atoms with Crippen LogP contribution in [0.25, 0.3) is 11.1 Å². The number of halogens is 2. The predicted molar refractivity (Wildman–Crippen MR) is 268 cm³/mol. The minimum absolute atomic E-state index is 0.0147. The first-order chi connectivity index (χ1) is 34.0. The average molecular weight is 969 g/mol. The Bertz CT molecular complexity index is 2840. The van der Waals surface area contributed by atoms with E-state index in [-0.39, 0.29) is 46.4 Å². The van der Waals surface area contributed by atoms with Crippen LogP contribution in [0.1, 0.15) is 117 Å². The molecule has 2 saturated heterocycles. The summed E-state index contributed by atoms with van der Waals surface area (Å²) in [7, 11) is 3.33. The molecule has 1 N–H and O–H groups in total. The van der Waals surface area contributed by atoms with Gasteiger partial charge in [0, 0.05) is 134 Å². The monoisotopic (exact) mass is 969 g/mol. The van der Waals surface area contributed by atoms with E-state index >= 15 is 0 Å². The molecule has 6 heterocycles. The lowest BCUT2D eigenvalue weighted by Crippen LogP contribution is -2.74. The van der Waals surface area contributed by atoms with Gasteiger partial charge in [-0.05, 0) is 98.2 Å². The first-order valence-corrected chi connectivity index (χ1v) is 25.3. The zero-order valence-corrected chi connectivity index (χ0v) is 42.1. The van der Waals surface area contributed by atoms with E-state index in [0.717, 1.165) is 98.7 Å². The molecule has 3 fully saturated rings. The summed E-state index contributed by atoms with van der Waals surface area (Å²) >= 11 is 0. The number of alkyl halides is 2. The number of aromatic nitrogens is 4. The van der Waals surface area contributed by atoms with Gasteiger partial charge in [0.25, 0.3) is 12.3 Å². The van der Waals surface area contributed by atoms with Gasteiger partial charge in [-0.15, -0.1) is 0 Å².